The van der Waals surface area contributed by atoms with E-state index in [0.717, 1.165) is 33.4 Å². The van der Waals surface area contributed by atoms with E-state index in [9.17, 15) is 14.4 Å². The Morgan fingerprint density at radius 2 is 1.55 bits per heavy atom. The van der Waals surface area contributed by atoms with Gasteiger partial charge in [-0.1, -0.05) is 89.9 Å². The molecule has 1 fully saturated rings. The number of nitrogens with zero attached hydrogens (tertiary/aromatic N) is 2. The van der Waals surface area contributed by atoms with Gasteiger partial charge in [0.05, 0.1) is 29.4 Å². The van der Waals surface area contributed by atoms with E-state index in [4.69, 9.17) is 23.2 Å². The van der Waals surface area contributed by atoms with Crippen LogP contribution in [-0.4, -0.2) is 23.9 Å². The second-order valence-corrected chi connectivity index (χ2v) is 11.9. The van der Waals surface area contributed by atoms with Gasteiger partial charge in [-0.15, -0.1) is 0 Å². The number of amides is 3. The molecule has 4 aromatic carbocycles. The van der Waals surface area contributed by atoms with Crippen LogP contribution in [0.25, 0.3) is 0 Å². The quantitative estimate of drug-likeness (QED) is 0.170. The Balaban J connectivity index is 1.35. The molecule has 6 nitrogen and oxygen atoms in total. The lowest BCUT2D eigenvalue weighted by Gasteiger charge is -2.52. The van der Waals surface area contributed by atoms with Crippen LogP contribution in [0.1, 0.15) is 39.3 Å². The van der Waals surface area contributed by atoms with Gasteiger partial charge in [0.1, 0.15) is 0 Å². The summed E-state index contributed by atoms with van der Waals surface area (Å²) in [7, 11) is 0. The molecule has 42 heavy (non-hydrogen) atoms. The van der Waals surface area contributed by atoms with Crippen LogP contribution in [0.2, 0.25) is 10.0 Å². The second kappa shape index (κ2) is 9.93. The van der Waals surface area contributed by atoms with Crippen LogP contribution in [0, 0.1) is 18.8 Å². The fraction of sp³-hybridized carbons (Fsp3) is 0.176. The zero-order valence-electron chi connectivity index (χ0n) is 22.6. The molecule has 208 valence electrons. The number of hydrogen-bond donors (Lipinski definition) is 1. The predicted molar refractivity (Wildman–Crippen MR) is 163 cm³/mol. The summed E-state index contributed by atoms with van der Waals surface area (Å²) in [5.74, 6) is -2.56. The molecule has 1 aliphatic heterocycles. The van der Waals surface area contributed by atoms with Crippen LogP contribution < -0.4 is 10.3 Å². The van der Waals surface area contributed by atoms with Crippen molar-refractivity contribution < 1.29 is 14.4 Å². The van der Waals surface area contributed by atoms with Crippen molar-refractivity contribution in [3.8, 4) is 0 Å². The first kappa shape index (κ1) is 26.6. The van der Waals surface area contributed by atoms with Crippen molar-refractivity contribution in [1.82, 2.24) is 5.43 Å². The van der Waals surface area contributed by atoms with Crippen molar-refractivity contribution in [2.24, 2.45) is 16.9 Å². The molecule has 8 rings (SSSR count). The van der Waals surface area contributed by atoms with E-state index in [1.807, 2.05) is 61.5 Å². The zero-order chi connectivity index (χ0) is 29.2. The lowest BCUT2D eigenvalue weighted by atomic mass is 9.47. The van der Waals surface area contributed by atoms with E-state index in [1.165, 1.54) is 4.90 Å². The zero-order valence-corrected chi connectivity index (χ0v) is 24.1. The lowest BCUT2D eigenvalue weighted by molar-refractivity contribution is -0.123. The molecule has 0 unspecified atom stereocenters. The topological polar surface area (TPSA) is 78.8 Å². The molecule has 0 aromatic heterocycles. The minimum atomic E-state index is -1.07. The minimum Gasteiger partial charge on any atom is -0.274 e. The number of rotatable bonds is 5. The summed E-state index contributed by atoms with van der Waals surface area (Å²) < 4.78 is 0. The summed E-state index contributed by atoms with van der Waals surface area (Å²) in [6, 6.07) is 28.1. The summed E-state index contributed by atoms with van der Waals surface area (Å²) in [5.41, 5.74) is 7.49. The average molecular weight is 594 g/mol. The van der Waals surface area contributed by atoms with Gasteiger partial charge in [-0.3, -0.25) is 14.4 Å². The van der Waals surface area contributed by atoms with Gasteiger partial charge in [-0.2, -0.15) is 5.10 Å². The summed E-state index contributed by atoms with van der Waals surface area (Å²) in [6.45, 7) is 1.87. The Morgan fingerprint density at radius 1 is 0.905 bits per heavy atom. The highest BCUT2D eigenvalue weighted by Gasteiger charge is 2.68. The lowest BCUT2D eigenvalue weighted by Crippen LogP contribution is -2.54. The molecule has 2 bridgehead atoms. The third-order valence-electron chi connectivity index (χ3n) is 8.83. The van der Waals surface area contributed by atoms with Gasteiger partial charge in [0.25, 0.3) is 0 Å². The molecule has 1 saturated heterocycles. The number of nitrogens with one attached hydrogen (secondary N) is 1. The standard InChI is InChI=1S/C34H25Cl2N3O3/c1-19-10-15-22(17-27(19)36)39-32(41)30-29-23-6-2-4-8-25(23)34(31(30)33(39)42,26-9-5-3-7-24(26)29)18-37-38-28(40)16-20-11-13-21(35)14-12-20/h2-15,17-18,29-31H,16H2,1H3,(H,38,40)/b37-18-/t29?,30-,31-,34?/m0/s1. The van der Waals surface area contributed by atoms with E-state index in [2.05, 4.69) is 10.5 Å². The first-order chi connectivity index (χ1) is 20.3. The highest BCUT2D eigenvalue weighted by Crippen LogP contribution is 2.63. The maximum Gasteiger partial charge on any atom is 0.244 e. The van der Waals surface area contributed by atoms with Crippen LogP contribution in [0.3, 0.4) is 0 Å². The number of aryl methyl sites for hydroxylation is 1. The maximum absolute atomic E-state index is 14.4. The normalized spacial score (nSPS) is 23.6. The molecule has 4 aliphatic rings. The summed E-state index contributed by atoms with van der Waals surface area (Å²) in [4.78, 5) is 42.8. The number of carbonyl (C=O) groups excluding carboxylic acids is 3. The Bertz CT molecular complexity index is 1770. The third-order valence-corrected chi connectivity index (χ3v) is 9.49. The number of carbonyl (C=O) groups is 3. The van der Waals surface area contributed by atoms with Gasteiger partial charge in [0.2, 0.25) is 17.7 Å². The van der Waals surface area contributed by atoms with Crippen molar-refractivity contribution in [3.05, 3.63) is 134 Å². The van der Waals surface area contributed by atoms with E-state index in [0.29, 0.717) is 15.7 Å². The van der Waals surface area contributed by atoms with Crippen LogP contribution in [-0.2, 0) is 26.2 Å². The minimum absolute atomic E-state index is 0.113. The number of halogens is 2. The number of hydrazone groups is 1. The van der Waals surface area contributed by atoms with Gasteiger partial charge < -0.3 is 0 Å². The van der Waals surface area contributed by atoms with E-state index < -0.39 is 17.3 Å². The molecule has 0 radical (unpaired) electrons. The molecule has 1 N–H and O–H groups in total. The third kappa shape index (κ3) is 3.86. The first-order valence-corrected chi connectivity index (χ1v) is 14.5. The largest absolute Gasteiger partial charge is 0.274 e. The second-order valence-electron chi connectivity index (χ2n) is 11.1. The number of anilines is 1. The molecule has 0 spiro atoms. The smallest absolute Gasteiger partial charge is 0.244 e. The molecule has 3 amide bonds. The van der Waals surface area contributed by atoms with Crippen molar-refractivity contribution >= 4 is 52.8 Å². The van der Waals surface area contributed by atoms with Crippen LogP contribution >= 0.6 is 23.2 Å². The Hall–Kier alpha value is -4.26. The monoisotopic (exact) mass is 593 g/mol. The highest BCUT2D eigenvalue weighted by atomic mass is 35.5. The Labute approximate surface area is 253 Å². The molecule has 2 atom stereocenters. The van der Waals surface area contributed by atoms with Crippen LogP contribution in [0.5, 0.6) is 0 Å². The van der Waals surface area contributed by atoms with E-state index in [1.54, 1.807) is 42.6 Å². The molecule has 8 heteroatoms. The molecule has 3 aliphatic carbocycles. The van der Waals surface area contributed by atoms with Gasteiger partial charge in [-0.25, -0.2) is 10.3 Å². The van der Waals surface area contributed by atoms with Gasteiger partial charge in [0, 0.05) is 22.2 Å². The fourth-order valence-electron chi connectivity index (χ4n) is 7.06. The van der Waals surface area contributed by atoms with Crippen molar-refractivity contribution in [3.63, 3.8) is 0 Å². The van der Waals surface area contributed by atoms with Crippen molar-refractivity contribution in [2.45, 2.75) is 24.7 Å². The van der Waals surface area contributed by atoms with E-state index >= 15 is 0 Å². The maximum atomic E-state index is 14.4. The van der Waals surface area contributed by atoms with Crippen LogP contribution in [0.15, 0.2) is 96.1 Å². The molecular formula is C34H25Cl2N3O3. The number of imide groups is 1. The summed E-state index contributed by atoms with van der Waals surface area (Å²) in [6.07, 6.45) is 1.77. The van der Waals surface area contributed by atoms with Crippen molar-refractivity contribution in [1.29, 1.82) is 0 Å². The molecule has 4 aromatic rings. The highest BCUT2D eigenvalue weighted by molar-refractivity contribution is 6.32. The molecule has 1 heterocycles. The average Bonchev–Trinajstić information content (AvgIpc) is 3.26. The van der Waals surface area contributed by atoms with Gasteiger partial charge >= 0.3 is 0 Å². The van der Waals surface area contributed by atoms with Gasteiger partial charge in [-0.05, 0) is 64.6 Å². The molecular weight excluding hydrogens is 569 g/mol. The Kier molecular flexibility index (Phi) is 6.30. The van der Waals surface area contributed by atoms with Crippen LogP contribution in [0.4, 0.5) is 5.69 Å². The SMILES string of the molecule is Cc1ccc(N2C(=O)[C@@H]3[C@@H](C2=O)C2c4ccccc4C3(/C=N\NC(=O)Cc3ccc(Cl)cc3)c3ccccc32)cc1Cl. The summed E-state index contributed by atoms with van der Waals surface area (Å²) >= 11 is 12.4. The molecule has 0 saturated carbocycles. The number of benzene rings is 4. The van der Waals surface area contributed by atoms with E-state index in [-0.39, 0.29) is 30.1 Å². The number of hydrogen-bond acceptors (Lipinski definition) is 4. The fourth-order valence-corrected chi connectivity index (χ4v) is 7.36. The first-order valence-electron chi connectivity index (χ1n) is 13.7. The predicted octanol–water partition coefficient (Wildman–Crippen LogP) is 6.20. The summed E-state index contributed by atoms with van der Waals surface area (Å²) in [5, 5.41) is 5.54. The van der Waals surface area contributed by atoms with Crippen molar-refractivity contribution in [2.75, 3.05) is 4.90 Å². The Morgan fingerprint density at radius 3 is 2.19 bits per heavy atom. The van der Waals surface area contributed by atoms with Gasteiger partial charge in [0.15, 0.2) is 0 Å².